The number of imidazole rings is 1. The Kier molecular flexibility index (Phi) is 10.4. The summed E-state index contributed by atoms with van der Waals surface area (Å²) in [6, 6.07) is 0.260. The van der Waals surface area contributed by atoms with E-state index in [4.69, 9.17) is 0 Å². The van der Waals surface area contributed by atoms with E-state index >= 15 is 0 Å². The van der Waals surface area contributed by atoms with Gasteiger partial charge in [0.05, 0.1) is 13.1 Å². The molecule has 2 N–H and O–H groups in total. The summed E-state index contributed by atoms with van der Waals surface area (Å²) in [7, 11) is 1.74. The van der Waals surface area contributed by atoms with E-state index in [1.54, 1.807) is 7.05 Å². The van der Waals surface area contributed by atoms with Gasteiger partial charge in [0.15, 0.2) is 5.96 Å². The fourth-order valence-corrected chi connectivity index (χ4v) is 3.07. The lowest BCUT2D eigenvalue weighted by Gasteiger charge is -2.32. The summed E-state index contributed by atoms with van der Waals surface area (Å²) in [4.78, 5) is 10.5. The van der Waals surface area contributed by atoms with Crippen LogP contribution in [0, 0.1) is 5.92 Å². The Morgan fingerprint density at radius 1 is 1.31 bits per heavy atom. The van der Waals surface area contributed by atoms with Gasteiger partial charge in [-0.1, -0.05) is 13.8 Å². The lowest BCUT2D eigenvalue weighted by Crippen LogP contribution is -2.49. The zero-order chi connectivity index (χ0) is 18.2. The van der Waals surface area contributed by atoms with Crippen molar-refractivity contribution in [3.8, 4) is 0 Å². The number of nitrogens with one attached hydrogen (secondary N) is 2. The number of aromatic nitrogens is 2. The molecule has 26 heavy (non-hydrogen) atoms. The van der Waals surface area contributed by atoms with Gasteiger partial charge in [0.25, 0.3) is 6.43 Å². The van der Waals surface area contributed by atoms with E-state index in [2.05, 4.69) is 39.0 Å². The molecule has 0 aromatic carbocycles. The first kappa shape index (κ1) is 23.1. The summed E-state index contributed by atoms with van der Waals surface area (Å²) in [6.07, 6.45) is 3.24. The highest BCUT2D eigenvalue weighted by Gasteiger charge is 2.22. The number of hydrogen-bond acceptors (Lipinski definition) is 3. The van der Waals surface area contributed by atoms with Gasteiger partial charge in [0.2, 0.25) is 0 Å². The topological polar surface area (TPSA) is 57.5 Å². The van der Waals surface area contributed by atoms with Crippen molar-refractivity contribution in [3.63, 3.8) is 0 Å². The summed E-state index contributed by atoms with van der Waals surface area (Å²) >= 11 is 0. The SMILES string of the molecule is CN=C(NCc1nccn1CC(C)C)NC1CCN(CC(F)F)CC1.I. The molecule has 0 saturated carbocycles. The predicted molar refractivity (Wildman–Crippen MR) is 111 cm³/mol. The Hall–Kier alpha value is -0.970. The summed E-state index contributed by atoms with van der Waals surface area (Å²) in [6.45, 7) is 7.15. The van der Waals surface area contributed by atoms with E-state index in [0.29, 0.717) is 25.6 Å². The molecule has 0 aliphatic carbocycles. The molecule has 6 nitrogen and oxygen atoms in total. The molecule has 9 heteroatoms. The number of alkyl halides is 2. The summed E-state index contributed by atoms with van der Waals surface area (Å²) < 4.78 is 27.0. The molecule has 0 unspecified atom stereocenters. The zero-order valence-corrected chi connectivity index (χ0v) is 18.1. The van der Waals surface area contributed by atoms with Gasteiger partial charge in [0, 0.05) is 45.1 Å². The Balaban J connectivity index is 0.00000338. The van der Waals surface area contributed by atoms with Crippen molar-refractivity contribution in [3.05, 3.63) is 18.2 Å². The quantitative estimate of drug-likeness (QED) is 0.355. The number of hydrogen-bond donors (Lipinski definition) is 2. The molecule has 1 saturated heterocycles. The van der Waals surface area contributed by atoms with Crippen molar-refractivity contribution in [1.82, 2.24) is 25.1 Å². The van der Waals surface area contributed by atoms with Gasteiger partial charge in [0.1, 0.15) is 5.82 Å². The average Bonchev–Trinajstić information content (AvgIpc) is 2.99. The highest BCUT2D eigenvalue weighted by atomic mass is 127. The lowest BCUT2D eigenvalue weighted by atomic mass is 10.1. The molecule has 2 heterocycles. The third-order valence-electron chi connectivity index (χ3n) is 4.33. The number of likely N-dealkylation sites (tertiary alicyclic amines) is 1. The maximum absolute atomic E-state index is 12.4. The Morgan fingerprint density at radius 3 is 2.58 bits per heavy atom. The molecule has 1 aromatic heterocycles. The van der Waals surface area contributed by atoms with Crippen LogP contribution in [0.2, 0.25) is 0 Å². The molecule has 0 atom stereocenters. The van der Waals surface area contributed by atoms with Crippen molar-refractivity contribution in [2.24, 2.45) is 10.9 Å². The largest absolute Gasteiger partial charge is 0.354 e. The molecule has 0 spiro atoms. The van der Waals surface area contributed by atoms with E-state index in [9.17, 15) is 8.78 Å². The Bertz CT molecular complexity index is 541. The van der Waals surface area contributed by atoms with Gasteiger partial charge in [-0.2, -0.15) is 0 Å². The predicted octanol–water partition coefficient (Wildman–Crippen LogP) is 2.55. The Morgan fingerprint density at radius 2 is 2.00 bits per heavy atom. The molecule has 1 aliphatic heterocycles. The highest BCUT2D eigenvalue weighted by molar-refractivity contribution is 14.0. The van der Waals surface area contributed by atoms with Crippen LogP contribution in [0.1, 0.15) is 32.5 Å². The lowest BCUT2D eigenvalue weighted by molar-refractivity contribution is 0.0744. The minimum atomic E-state index is -2.26. The molecule has 0 amide bonds. The fraction of sp³-hybridized carbons (Fsp3) is 0.765. The normalized spacial score (nSPS) is 16.8. The zero-order valence-electron chi connectivity index (χ0n) is 15.8. The van der Waals surface area contributed by atoms with Crippen LogP contribution in [0.5, 0.6) is 0 Å². The third-order valence-corrected chi connectivity index (χ3v) is 4.33. The van der Waals surface area contributed by atoms with Crippen LogP contribution in [-0.2, 0) is 13.1 Å². The number of halogens is 3. The van der Waals surface area contributed by atoms with Crippen LogP contribution >= 0.6 is 24.0 Å². The first-order valence-electron chi connectivity index (χ1n) is 8.95. The monoisotopic (exact) mass is 484 g/mol. The number of nitrogens with zero attached hydrogens (tertiary/aromatic N) is 4. The maximum atomic E-state index is 12.4. The summed E-state index contributed by atoms with van der Waals surface area (Å²) in [5, 5.41) is 6.69. The van der Waals surface area contributed by atoms with Gasteiger partial charge in [-0.05, 0) is 18.8 Å². The van der Waals surface area contributed by atoms with Gasteiger partial charge >= 0.3 is 0 Å². The minimum absolute atomic E-state index is 0. The van der Waals surface area contributed by atoms with Crippen LogP contribution in [0.15, 0.2) is 17.4 Å². The second-order valence-corrected chi connectivity index (χ2v) is 6.93. The van der Waals surface area contributed by atoms with Crippen molar-refractivity contribution >= 4 is 29.9 Å². The van der Waals surface area contributed by atoms with E-state index in [1.165, 1.54) is 0 Å². The number of rotatable bonds is 7. The molecule has 1 aromatic rings. The van der Waals surface area contributed by atoms with Crippen LogP contribution in [0.3, 0.4) is 0 Å². The van der Waals surface area contributed by atoms with Crippen LogP contribution in [0.4, 0.5) is 8.78 Å². The summed E-state index contributed by atoms with van der Waals surface area (Å²) in [5.41, 5.74) is 0. The van der Waals surface area contributed by atoms with Crippen LogP contribution < -0.4 is 10.6 Å². The van der Waals surface area contributed by atoms with Crippen molar-refractivity contribution in [2.45, 2.75) is 52.2 Å². The van der Waals surface area contributed by atoms with Gasteiger partial charge in [-0.25, -0.2) is 13.8 Å². The smallest absolute Gasteiger partial charge is 0.251 e. The standard InChI is InChI=1S/C17H30F2N6.HI/c1-13(2)11-25-9-6-21-16(25)10-22-17(20-3)23-14-4-7-24(8-5-14)12-15(18)19;/h6,9,13-15H,4-5,7-8,10-12H2,1-3H3,(H2,20,22,23);1H. The maximum Gasteiger partial charge on any atom is 0.251 e. The van der Waals surface area contributed by atoms with Crippen molar-refractivity contribution in [1.29, 1.82) is 0 Å². The highest BCUT2D eigenvalue weighted by Crippen LogP contribution is 2.12. The van der Waals surface area contributed by atoms with E-state index in [1.807, 2.05) is 17.3 Å². The second kappa shape index (κ2) is 11.7. The molecule has 0 radical (unpaired) electrons. The van der Waals surface area contributed by atoms with Gasteiger partial charge in [-0.3, -0.25) is 9.89 Å². The van der Waals surface area contributed by atoms with Gasteiger partial charge in [-0.15, -0.1) is 24.0 Å². The molecule has 150 valence electrons. The molecular formula is C17H31F2IN6. The molecule has 1 aliphatic rings. The number of guanidine groups is 1. The molecule has 1 fully saturated rings. The van der Waals surface area contributed by atoms with Crippen molar-refractivity contribution in [2.75, 3.05) is 26.7 Å². The van der Waals surface area contributed by atoms with E-state index in [0.717, 1.165) is 31.2 Å². The van der Waals surface area contributed by atoms with E-state index < -0.39 is 6.43 Å². The van der Waals surface area contributed by atoms with E-state index in [-0.39, 0.29) is 36.6 Å². The molecule has 0 bridgehead atoms. The second-order valence-electron chi connectivity index (χ2n) is 6.93. The number of piperidine rings is 1. The van der Waals surface area contributed by atoms with Crippen LogP contribution in [0.25, 0.3) is 0 Å². The molecule has 2 rings (SSSR count). The van der Waals surface area contributed by atoms with Gasteiger partial charge < -0.3 is 15.2 Å². The van der Waals surface area contributed by atoms with Crippen molar-refractivity contribution < 1.29 is 8.78 Å². The minimum Gasteiger partial charge on any atom is -0.354 e. The van der Waals surface area contributed by atoms with Crippen LogP contribution in [-0.4, -0.2) is 59.6 Å². The average molecular weight is 484 g/mol. The summed E-state index contributed by atoms with van der Waals surface area (Å²) in [5.74, 6) is 2.26. The number of aliphatic imine (C=N–C) groups is 1. The fourth-order valence-electron chi connectivity index (χ4n) is 3.07. The first-order chi connectivity index (χ1) is 12.0. The third kappa shape index (κ3) is 7.73. The Labute approximate surface area is 171 Å². The molecular weight excluding hydrogens is 453 g/mol. The first-order valence-corrected chi connectivity index (χ1v) is 8.95.